The van der Waals surface area contributed by atoms with Crippen molar-refractivity contribution < 1.29 is 19.1 Å². The van der Waals surface area contributed by atoms with E-state index in [1.54, 1.807) is 31.2 Å². The lowest BCUT2D eigenvalue weighted by Crippen LogP contribution is -2.26. The van der Waals surface area contributed by atoms with E-state index in [4.69, 9.17) is 9.47 Å². The zero-order valence-corrected chi connectivity index (χ0v) is 16.2. The van der Waals surface area contributed by atoms with Gasteiger partial charge in [-0.2, -0.15) is 0 Å². The highest BCUT2D eigenvalue weighted by atomic mass is 16.6. The molecule has 0 saturated carbocycles. The van der Waals surface area contributed by atoms with Crippen molar-refractivity contribution in [2.45, 2.75) is 26.2 Å². The normalized spacial score (nSPS) is 11.3. The van der Waals surface area contributed by atoms with Crippen molar-refractivity contribution in [2.75, 3.05) is 0 Å². The van der Waals surface area contributed by atoms with Crippen molar-refractivity contribution in [1.29, 1.82) is 0 Å². The van der Waals surface area contributed by atoms with Crippen molar-refractivity contribution >= 4 is 11.9 Å². The Kier molecular flexibility index (Phi) is 7.00. The fraction of sp³-hybridized carbons (Fsp3) is 0.167. The van der Waals surface area contributed by atoms with E-state index >= 15 is 0 Å². The monoisotopic (exact) mass is 389 g/mol. The molecule has 29 heavy (non-hydrogen) atoms. The number of hydrogen-bond acceptors (Lipinski definition) is 4. The number of benzene rings is 3. The molecule has 0 aliphatic carbocycles. The standard InChI is InChI=1S/C24H23NO4/c1-18(24(27)28-17-20-10-6-3-7-11-20)29-22-14-12-21(13-15-22)23(26)25-16-19-8-4-2-5-9-19/h2-15,18H,16-17H2,1H3,(H,25,26)/t18-/m1/s1. The third-order valence-electron chi connectivity index (χ3n) is 4.28. The molecule has 148 valence electrons. The molecule has 5 nitrogen and oxygen atoms in total. The molecule has 0 aromatic heterocycles. The Labute approximate surface area is 170 Å². The van der Waals surface area contributed by atoms with Crippen LogP contribution in [0, 0.1) is 0 Å². The Bertz CT molecular complexity index is 924. The molecule has 1 atom stereocenters. The minimum absolute atomic E-state index is 0.171. The second-order valence-corrected chi connectivity index (χ2v) is 6.55. The highest BCUT2D eigenvalue weighted by molar-refractivity contribution is 5.94. The summed E-state index contributed by atoms with van der Waals surface area (Å²) in [4.78, 5) is 24.4. The summed E-state index contributed by atoms with van der Waals surface area (Å²) >= 11 is 0. The maximum atomic E-state index is 12.3. The van der Waals surface area contributed by atoms with Gasteiger partial charge in [0, 0.05) is 12.1 Å². The van der Waals surface area contributed by atoms with Gasteiger partial charge in [-0.1, -0.05) is 60.7 Å². The van der Waals surface area contributed by atoms with Gasteiger partial charge >= 0.3 is 5.97 Å². The molecule has 1 amide bonds. The summed E-state index contributed by atoms with van der Waals surface area (Å²) in [6, 6.07) is 25.8. The maximum Gasteiger partial charge on any atom is 0.347 e. The Hall–Kier alpha value is -3.60. The maximum absolute atomic E-state index is 12.3. The van der Waals surface area contributed by atoms with E-state index in [0.29, 0.717) is 17.9 Å². The predicted octanol–water partition coefficient (Wildman–Crippen LogP) is 4.13. The number of hydrogen-bond donors (Lipinski definition) is 1. The van der Waals surface area contributed by atoms with Crippen LogP contribution in [0.3, 0.4) is 0 Å². The molecule has 3 aromatic carbocycles. The van der Waals surface area contributed by atoms with Gasteiger partial charge in [0.05, 0.1) is 0 Å². The number of carbonyl (C=O) groups is 2. The molecule has 0 unspecified atom stereocenters. The van der Waals surface area contributed by atoms with Crippen molar-refractivity contribution in [3.05, 3.63) is 102 Å². The zero-order valence-electron chi connectivity index (χ0n) is 16.2. The molecule has 0 aliphatic rings. The molecule has 5 heteroatoms. The van der Waals surface area contributed by atoms with Crippen LogP contribution in [0.2, 0.25) is 0 Å². The van der Waals surface area contributed by atoms with Crippen LogP contribution >= 0.6 is 0 Å². The Morgan fingerprint density at radius 1 is 0.828 bits per heavy atom. The Morgan fingerprint density at radius 2 is 1.41 bits per heavy atom. The number of nitrogens with one attached hydrogen (secondary N) is 1. The Morgan fingerprint density at radius 3 is 2.03 bits per heavy atom. The molecule has 3 rings (SSSR count). The molecule has 0 heterocycles. The van der Waals surface area contributed by atoms with Gasteiger partial charge in [-0.25, -0.2) is 4.79 Å². The van der Waals surface area contributed by atoms with Crippen LogP contribution in [-0.2, 0) is 22.7 Å². The molecule has 0 spiro atoms. The highest BCUT2D eigenvalue weighted by Gasteiger charge is 2.16. The van der Waals surface area contributed by atoms with E-state index in [9.17, 15) is 9.59 Å². The molecule has 0 radical (unpaired) electrons. The van der Waals surface area contributed by atoms with Crippen LogP contribution in [0.5, 0.6) is 5.75 Å². The van der Waals surface area contributed by atoms with E-state index in [-0.39, 0.29) is 12.5 Å². The summed E-state index contributed by atoms with van der Waals surface area (Å²) in [7, 11) is 0. The third-order valence-corrected chi connectivity index (χ3v) is 4.28. The average Bonchev–Trinajstić information content (AvgIpc) is 2.77. The minimum Gasteiger partial charge on any atom is -0.479 e. The van der Waals surface area contributed by atoms with Crippen molar-refractivity contribution in [1.82, 2.24) is 5.32 Å². The number of carbonyl (C=O) groups excluding carboxylic acids is 2. The first kappa shape index (κ1) is 20.1. The minimum atomic E-state index is -0.753. The topological polar surface area (TPSA) is 64.6 Å². The van der Waals surface area contributed by atoms with Crippen molar-refractivity contribution in [3.63, 3.8) is 0 Å². The largest absolute Gasteiger partial charge is 0.479 e. The first-order valence-corrected chi connectivity index (χ1v) is 9.41. The van der Waals surface area contributed by atoms with Gasteiger partial charge in [0.25, 0.3) is 5.91 Å². The fourth-order valence-electron chi connectivity index (χ4n) is 2.66. The van der Waals surface area contributed by atoms with Gasteiger partial charge < -0.3 is 14.8 Å². The number of ether oxygens (including phenoxy) is 2. The predicted molar refractivity (Wildman–Crippen MR) is 110 cm³/mol. The van der Waals surface area contributed by atoms with E-state index < -0.39 is 12.1 Å². The van der Waals surface area contributed by atoms with E-state index in [1.165, 1.54) is 0 Å². The number of amides is 1. The molecule has 0 fully saturated rings. The first-order chi connectivity index (χ1) is 14.1. The van der Waals surface area contributed by atoms with Gasteiger partial charge in [-0.05, 0) is 42.3 Å². The fourth-order valence-corrected chi connectivity index (χ4v) is 2.66. The SMILES string of the molecule is C[C@@H](Oc1ccc(C(=O)NCc2ccccc2)cc1)C(=O)OCc1ccccc1. The molecular weight excluding hydrogens is 366 g/mol. The zero-order chi connectivity index (χ0) is 20.5. The lowest BCUT2D eigenvalue weighted by atomic mass is 10.2. The van der Waals surface area contributed by atoms with Crippen LogP contribution < -0.4 is 10.1 Å². The van der Waals surface area contributed by atoms with Gasteiger partial charge in [-0.3, -0.25) is 4.79 Å². The summed E-state index contributed by atoms with van der Waals surface area (Å²) < 4.78 is 10.9. The summed E-state index contributed by atoms with van der Waals surface area (Å²) in [6.45, 7) is 2.30. The smallest absolute Gasteiger partial charge is 0.347 e. The van der Waals surface area contributed by atoms with Crippen molar-refractivity contribution in [3.8, 4) is 5.75 Å². The second-order valence-electron chi connectivity index (χ2n) is 6.55. The quantitative estimate of drug-likeness (QED) is 0.589. The summed E-state index contributed by atoms with van der Waals surface area (Å²) in [5, 5.41) is 2.87. The van der Waals surface area contributed by atoms with Crippen LogP contribution in [0.25, 0.3) is 0 Å². The van der Waals surface area contributed by atoms with Gasteiger partial charge in [0.15, 0.2) is 6.10 Å². The van der Waals surface area contributed by atoms with E-state index in [1.807, 2.05) is 60.7 Å². The summed E-state index contributed by atoms with van der Waals surface area (Å²) in [5.74, 6) is -0.122. The lowest BCUT2D eigenvalue weighted by molar-refractivity contribution is -0.152. The summed E-state index contributed by atoms with van der Waals surface area (Å²) in [6.07, 6.45) is -0.753. The van der Waals surface area contributed by atoms with Crippen LogP contribution in [0.1, 0.15) is 28.4 Å². The number of rotatable bonds is 8. The first-order valence-electron chi connectivity index (χ1n) is 9.41. The van der Waals surface area contributed by atoms with Crippen LogP contribution in [0.4, 0.5) is 0 Å². The molecule has 0 saturated heterocycles. The molecule has 0 bridgehead atoms. The second kappa shape index (κ2) is 10.1. The van der Waals surface area contributed by atoms with E-state index in [2.05, 4.69) is 5.32 Å². The van der Waals surface area contributed by atoms with Crippen LogP contribution in [-0.4, -0.2) is 18.0 Å². The third kappa shape index (κ3) is 6.21. The molecule has 3 aromatic rings. The van der Waals surface area contributed by atoms with Gasteiger partial charge in [-0.15, -0.1) is 0 Å². The average molecular weight is 389 g/mol. The summed E-state index contributed by atoms with van der Waals surface area (Å²) in [5.41, 5.74) is 2.47. The number of esters is 1. The van der Waals surface area contributed by atoms with Crippen molar-refractivity contribution in [2.24, 2.45) is 0 Å². The lowest BCUT2D eigenvalue weighted by Gasteiger charge is -2.14. The van der Waals surface area contributed by atoms with E-state index in [0.717, 1.165) is 11.1 Å². The van der Waals surface area contributed by atoms with Gasteiger partial charge in [0.1, 0.15) is 12.4 Å². The molecule has 0 aliphatic heterocycles. The molecular formula is C24H23NO4. The van der Waals surface area contributed by atoms with Crippen LogP contribution in [0.15, 0.2) is 84.9 Å². The highest BCUT2D eigenvalue weighted by Crippen LogP contribution is 2.15. The van der Waals surface area contributed by atoms with Gasteiger partial charge in [0.2, 0.25) is 0 Å². The Balaban J connectivity index is 1.47. The molecule has 1 N–H and O–H groups in total.